The lowest BCUT2D eigenvalue weighted by Crippen LogP contribution is -2.23. The summed E-state index contributed by atoms with van der Waals surface area (Å²) in [5.74, 6) is 0.489. The smallest absolute Gasteiger partial charge is 0.230 e. The van der Waals surface area contributed by atoms with Gasteiger partial charge in [0, 0.05) is 12.1 Å². The van der Waals surface area contributed by atoms with Crippen LogP contribution in [0.4, 0.5) is 0 Å². The number of aryl methyl sites for hydroxylation is 1. The molecule has 0 spiro atoms. The van der Waals surface area contributed by atoms with Gasteiger partial charge in [0.05, 0.1) is 5.25 Å². The zero-order valence-corrected chi connectivity index (χ0v) is 13.4. The maximum absolute atomic E-state index is 11.2. The molecule has 0 aliphatic heterocycles. The van der Waals surface area contributed by atoms with Gasteiger partial charge in [0.2, 0.25) is 5.91 Å². The molecule has 2 N–H and O–H groups in total. The quantitative estimate of drug-likeness (QED) is 0.833. The highest BCUT2D eigenvalue weighted by Crippen LogP contribution is 2.27. The first kappa shape index (κ1) is 15.6. The third kappa shape index (κ3) is 3.64. The molecule has 21 heavy (non-hydrogen) atoms. The lowest BCUT2D eigenvalue weighted by atomic mass is 10.1. The van der Waals surface area contributed by atoms with Gasteiger partial charge >= 0.3 is 0 Å². The first-order valence-corrected chi connectivity index (χ1v) is 7.87. The molecule has 112 valence electrons. The van der Waals surface area contributed by atoms with Crippen molar-refractivity contribution in [2.45, 2.75) is 44.1 Å². The van der Waals surface area contributed by atoms with Crippen molar-refractivity contribution in [2.75, 3.05) is 0 Å². The van der Waals surface area contributed by atoms with Gasteiger partial charge in [-0.05, 0) is 26.3 Å². The van der Waals surface area contributed by atoms with Crippen LogP contribution >= 0.6 is 11.8 Å². The largest absolute Gasteiger partial charge is 0.369 e. The summed E-state index contributed by atoms with van der Waals surface area (Å²) in [6.45, 7) is 6.75. The summed E-state index contributed by atoms with van der Waals surface area (Å²) in [6, 6.07) is 8.17. The predicted molar refractivity (Wildman–Crippen MR) is 85.0 cm³/mol. The van der Waals surface area contributed by atoms with Gasteiger partial charge in [-0.25, -0.2) is 0 Å². The van der Waals surface area contributed by atoms with Crippen LogP contribution in [0.2, 0.25) is 0 Å². The molecule has 1 aromatic carbocycles. The number of nitrogens with two attached hydrogens (primary N) is 1. The van der Waals surface area contributed by atoms with E-state index in [1.807, 2.05) is 12.1 Å². The van der Waals surface area contributed by atoms with Gasteiger partial charge in [0.1, 0.15) is 0 Å². The Balaban J connectivity index is 2.39. The van der Waals surface area contributed by atoms with Crippen LogP contribution in [-0.4, -0.2) is 25.9 Å². The third-order valence-electron chi connectivity index (χ3n) is 3.12. The number of hydrogen-bond donors (Lipinski definition) is 1. The summed E-state index contributed by atoms with van der Waals surface area (Å²) in [4.78, 5) is 11.2. The van der Waals surface area contributed by atoms with Crippen molar-refractivity contribution < 1.29 is 4.79 Å². The highest BCUT2D eigenvalue weighted by atomic mass is 32.2. The van der Waals surface area contributed by atoms with Crippen LogP contribution in [0.5, 0.6) is 0 Å². The first-order valence-electron chi connectivity index (χ1n) is 6.99. The SMILES string of the molecule is CCCn1c(SC(C)C(N)=O)nnc1-c1cccc(C)c1. The summed E-state index contributed by atoms with van der Waals surface area (Å²) in [6.07, 6.45) is 0.968. The van der Waals surface area contributed by atoms with Crippen molar-refractivity contribution in [1.29, 1.82) is 0 Å². The second-order valence-electron chi connectivity index (χ2n) is 4.99. The number of carbonyl (C=O) groups excluding carboxylic acids is 1. The Bertz CT molecular complexity index is 638. The lowest BCUT2D eigenvalue weighted by molar-refractivity contribution is -0.117. The highest BCUT2D eigenvalue weighted by molar-refractivity contribution is 8.00. The van der Waals surface area contributed by atoms with Crippen LogP contribution in [0.15, 0.2) is 29.4 Å². The van der Waals surface area contributed by atoms with Crippen molar-refractivity contribution in [3.63, 3.8) is 0 Å². The summed E-state index contributed by atoms with van der Waals surface area (Å²) < 4.78 is 2.05. The Kier molecular flexibility index (Phi) is 5.01. The molecule has 0 aliphatic carbocycles. The average Bonchev–Trinajstić information content (AvgIpc) is 2.82. The maximum Gasteiger partial charge on any atom is 0.230 e. The second kappa shape index (κ2) is 6.76. The average molecular weight is 304 g/mol. The number of aromatic nitrogens is 3. The van der Waals surface area contributed by atoms with E-state index in [0.717, 1.165) is 29.5 Å². The van der Waals surface area contributed by atoms with Crippen LogP contribution in [0.25, 0.3) is 11.4 Å². The number of amides is 1. The van der Waals surface area contributed by atoms with Crippen molar-refractivity contribution in [1.82, 2.24) is 14.8 Å². The van der Waals surface area contributed by atoms with Gasteiger partial charge in [-0.2, -0.15) is 0 Å². The van der Waals surface area contributed by atoms with Gasteiger partial charge < -0.3 is 10.3 Å². The Morgan fingerprint density at radius 1 is 1.43 bits per heavy atom. The summed E-state index contributed by atoms with van der Waals surface area (Å²) in [5.41, 5.74) is 7.54. The van der Waals surface area contributed by atoms with Crippen molar-refractivity contribution >= 4 is 17.7 Å². The molecule has 0 saturated carbocycles. The molecule has 1 amide bonds. The molecule has 2 aromatic rings. The number of nitrogens with zero attached hydrogens (tertiary/aromatic N) is 3. The molecule has 6 heteroatoms. The number of carbonyl (C=O) groups is 1. The molecule has 0 saturated heterocycles. The molecule has 1 aromatic heterocycles. The second-order valence-corrected chi connectivity index (χ2v) is 6.30. The van der Waals surface area contributed by atoms with Crippen molar-refractivity contribution in [3.8, 4) is 11.4 Å². The summed E-state index contributed by atoms with van der Waals surface area (Å²) in [7, 11) is 0. The Labute approximate surface area is 128 Å². The van der Waals surface area contributed by atoms with Crippen LogP contribution in [0.3, 0.4) is 0 Å². The summed E-state index contributed by atoms with van der Waals surface area (Å²) >= 11 is 1.35. The fourth-order valence-electron chi connectivity index (χ4n) is 2.01. The van der Waals surface area contributed by atoms with Gasteiger partial charge in [0.15, 0.2) is 11.0 Å². The van der Waals surface area contributed by atoms with E-state index >= 15 is 0 Å². The third-order valence-corrected chi connectivity index (χ3v) is 4.22. The molecule has 1 atom stereocenters. The first-order chi connectivity index (χ1) is 10.0. The van der Waals surface area contributed by atoms with Gasteiger partial charge in [-0.1, -0.05) is 42.4 Å². The van der Waals surface area contributed by atoms with Gasteiger partial charge in [-0.3, -0.25) is 4.79 Å². The Morgan fingerprint density at radius 2 is 2.19 bits per heavy atom. The fourth-order valence-corrected chi connectivity index (χ4v) is 2.84. The van der Waals surface area contributed by atoms with E-state index in [1.54, 1.807) is 6.92 Å². The minimum atomic E-state index is -0.344. The van der Waals surface area contributed by atoms with Crippen molar-refractivity contribution in [2.24, 2.45) is 5.73 Å². The maximum atomic E-state index is 11.2. The molecule has 0 aliphatic rings. The molecular weight excluding hydrogens is 284 g/mol. The number of hydrogen-bond acceptors (Lipinski definition) is 4. The zero-order valence-electron chi connectivity index (χ0n) is 12.5. The van der Waals surface area contributed by atoms with Gasteiger partial charge in [-0.15, -0.1) is 10.2 Å². The zero-order chi connectivity index (χ0) is 15.4. The van der Waals surface area contributed by atoms with E-state index in [1.165, 1.54) is 17.3 Å². The van der Waals surface area contributed by atoms with E-state index in [2.05, 4.69) is 40.7 Å². The lowest BCUT2D eigenvalue weighted by Gasteiger charge is -2.11. The van der Waals surface area contributed by atoms with Gasteiger partial charge in [0.25, 0.3) is 0 Å². The monoisotopic (exact) mass is 304 g/mol. The molecule has 1 heterocycles. The number of benzene rings is 1. The molecule has 2 rings (SSSR count). The number of thioether (sulfide) groups is 1. The Hall–Kier alpha value is -1.82. The summed E-state index contributed by atoms with van der Waals surface area (Å²) in [5, 5.41) is 8.94. The van der Waals surface area contributed by atoms with Crippen LogP contribution in [0, 0.1) is 6.92 Å². The van der Waals surface area contributed by atoms with Crippen LogP contribution in [0.1, 0.15) is 25.8 Å². The van der Waals surface area contributed by atoms with E-state index in [-0.39, 0.29) is 11.2 Å². The molecule has 1 unspecified atom stereocenters. The van der Waals surface area contributed by atoms with E-state index in [9.17, 15) is 4.79 Å². The number of primary amides is 1. The molecule has 0 bridgehead atoms. The molecule has 0 fully saturated rings. The predicted octanol–water partition coefficient (Wildman–Crippen LogP) is 2.63. The minimum Gasteiger partial charge on any atom is -0.369 e. The van der Waals surface area contributed by atoms with Crippen LogP contribution in [-0.2, 0) is 11.3 Å². The van der Waals surface area contributed by atoms with E-state index < -0.39 is 0 Å². The van der Waals surface area contributed by atoms with Crippen molar-refractivity contribution in [3.05, 3.63) is 29.8 Å². The van der Waals surface area contributed by atoms with E-state index in [4.69, 9.17) is 5.73 Å². The molecule has 5 nitrogen and oxygen atoms in total. The fraction of sp³-hybridized carbons (Fsp3) is 0.400. The Morgan fingerprint density at radius 3 is 2.81 bits per heavy atom. The molecular formula is C15H20N4OS. The van der Waals surface area contributed by atoms with E-state index in [0.29, 0.717) is 0 Å². The molecule has 0 radical (unpaired) electrons. The minimum absolute atomic E-state index is 0.324. The highest BCUT2D eigenvalue weighted by Gasteiger charge is 2.18. The topological polar surface area (TPSA) is 73.8 Å². The van der Waals surface area contributed by atoms with Crippen LogP contribution < -0.4 is 5.73 Å². The standard InChI is InChI=1S/C15H20N4OS/c1-4-8-19-14(12-7-5-6-10(2)9-12)17-18-15(19)21-11(3)13(16)20/h5-7,9,11H,4,8H2,1-3H3,(H2,16,20). The number of rotatable bonds is 6. The normalized spacial score (nSPS) is 12.3.